The zero-order chi connectivity index (χ0) is 12.7. The highest BCUT2D eigenvalue weighted by atomic mass is 16.5. The molecule has 100 valence electrons. The number of aromatic nitrogens is 3. The van der Waals surface area contributed by atoms with Crippen molar-refractivity contribution in [2.24, 2.45) is 5.92 Å². The first-order valence-electron chi connectivity index (χ1n) is 6.87. The summed E-state index contributed by atoms with van der Waals surface area (Å²) in [6.45, 7) is 4.15. The highest BCUT2D eigenvalue weighted by Gasteiger charge is 2.44. The molecule has 0 aromatic carbocycles. The van der Waals surface area contributed by atoms with E-state index < -0.39 is 0 Å². The number of hydrogen-bond donors (Lipinski definition) is 1. The van der Waals surface area contributed by atoms with Crippen molar-refractivity contribution < 1.29 is 9.84 Å². The average molecular weight is 251 g/mol. The molecule has 1 aromatic heterocycles. The van der Waals surface area contributed by atoms with Gasteiger partial charge in [0, 0.05) is 18.4 Å². The molecule has 5 nitrogen and oxygen atoms in total. The van der Waals surface area contributed by atoms with E-state index in [-0.39, 0.29) is 24.2 Å². The Labute approximate surface area is 107 Å². The van der Waals surface area contributed by atoms with E-state index in [4.69, 9.17) is 4.74 Å². The third-order valence-electron chi connectivity index (χ3n) is 4.18. The van der Waals surface area contributed by atoms with Gasteiger partial charge in [-0.2, -0.15) is 5.10 Å². The summed E-state index contributed by atoms with van der Waals surface area (Å²) in [5, 5.41) is 14.6. The standard InChI is InChI=1S/C13H21N3O2/c1-8(2)16-13(14-7-15-16)6-11(17)10-5-9-3-4-12(10)18-9/h7-12,17H,3-6H2,1-2H3. The van der Waals surface area contributed by atoms with Crippen LogP contribution in [0.1, 0.15) is 45.0 Å². The Morgan fingerprint density at radius 2 is 2.33 bits per heavy atom. The lowest BCUT2D eigenvalue weighted by Crippen LogP contribution is -2.32. The number of nitrogens with zero attached hydrogens (tertiary/aromatic N) is 3. The molecule has 1 N–H and O–H groups in total. The molecule has 2 saturated heterocycles. The van der Waals surface area contributed by atoms with Gasteiger partial charge in [-0.1, -0.05) is 0 Å². The fourth-order valence-electron chi connectivity index (χ4n) is 3.27. The van der Waals surface area contributed by atoms with Crippen molar-refractivity contribution in [1.29, 1.82) is 0 Å². The summed E-state index contributed by atoms with van der Waals surface area (Å²) >= 11 is 0. The Bertz CT molecular complexity index is 418. The topological polar surface area (TPSA) is 60.2 Å². The van der Waals surface area contributed by atoms with Gasteiger partial charge in [0.15, 0.2) is 0 Å². The zero-order valence-corrected chi connectivity index (χ0v) is 11.0. The Balaban J connectivity index is 1.67. The van der Waals surface area contributed by atoms with Crippen molar-refractivity contribution in [3.8, 4) is 0 Å². The third kappa shape index (κ3) is 2.06. The molecule has 1 aromatic rings. The van der Waals surface area contributed by atoms with Crippen LogP contribution in [0.2, 0.25) is 0 Å². The first kappa shape index (κ1) is 12.1. The normalized spacial score (nSPS) is 32.3. The molecule has 5 heteroatoms. The SMILES string of the molecule is CC(C)n1ncnc1CC(O)C1CC2CCC1O2. The van der Waals surface area contributed by atoms with Crippen LogP contribution in [0.4, 0.5) is 0 Å². The van der Waals surface area contributed by atoms with Crippen LogP contribution >= 0.6 is 0 Å². The van der Waals surface area contributed by atoms with Gasteiger partial charge in [-0.15, -0.1) is 0 Å². The van der Waals surface area contributed by atoms with Crippen LogP contribution in [0.25, 0.3) is 0 Å². The molecule has 18 heavy (non-hydrogen) atoms. The first-order valence-corrected chi connectivity index (χ1v) is 6.87. The predicted octanol–water partition coefficient (Wildman–Crippen LogP) is 1.33. The molecule has 3 rings (SSSR count). The van der Waals surface area contributed by atoms with Gasteiger partial charge >= 0.3 is 0 Å². The molecule has 0 amide bonds. The molecular weight excluding hydrogens is 230 g/mol. The number of aliphatic hydroxyl groups excluding tert-OH is 1. The minimum absolute atomic E-state index is 0.264. The molecule has 2 fully saturated rings. The molecule has 2 aliphatic heterocycles. The lowest BCUT2D eigenvalue weighted by molar-refractivity contribution is 0.0417. The molecule has 3 heterocycles. The Morgan fingerprint density at radius 1 is 1.50 bits per heavy atom. The summed E-state index contributed by atoms with van der Waals surface area (Å²) in [6.07, 6.45) is 5.70. The van der Waals surface area contributed by atoms with Gasteiger partial charge in [0.25, 0.3) is 0 Å². The van der Waals surface area contributed by atoms with Crippen LogP contribution in [0, 0.1) is 5.92 Å². The number of rotatable bonds is 4. The Kier molecular flexibility index (Phi) is 3.11. The fourth-order valence-corrected chi connectivity index (χ4v) is 3.27. The molecule has 0 radical (unpaired) electrons. The maximum Gasteiger partial charge on any atom is 0.138 e. The molecule has 2 aliphatic rings. The lowest BCUT2D eigenvalue weighted by atomic mass is 9.84. The van der Waals surface area contributed by atoms with Gasteiger partial charge in [0.2, 0.25) is 0 Å². The minimum Gasteiger partial charge on any atom is -0.392 e. The number of ether oxygens (including phenoxy) is 1. The molecule has 2 bridgehead atoms. The number of hydrogen-bond acceptors (Lipinski definition) is 4. The van der Waals surface area contributed by atoms with Gasteiger partial charge in [-0.05, 0) is 33.1 Å². The molecule has 4 atom stereocenters. The lowest BCUT2D eigenvalue weighted by Gasteiger charge is -2.24. The second-order valence-electron chi connectivity index (χ2n) is 5.76. The summed E-state index contributed by atoms with van der Waals surface area (Å²) < 4.78 is 7.69. The highest BCUT2D eigenvalue weighted by Crippen LogP contribution is 2.40. The van der Waals surface area contributed by atoms with Crippen LogP contribution in [0.3, 0.4) is 0 Å². The number of fused-ring (bicyclic) bond motifs is 2. The van der Waals surface area contributed by atoms with Crippen LogP contribution in [0.15, 0.2) is 6.33 Å². The molecule has 0 aliphatic carbocycles. The van der Waals surface area contributed by atoms with Gasteiger partial charge in [-0.3, -0.25) is 0 Å². The molecular formula is C13H21N3O2. The number of aliphatic hydroxyl groups is 1. The second kappa shape index (κ2) is 4.63. The molecule has 0 saturated carbocycles. The monoisotopic (exact) mass is 251 g/mol. The van der Waals surface area contributed by atoms with E-state index in [0.717, 1.165) is 25.1 Å². The van der Waals surface area contributed by atoms with Crippen LogP contribution in [-0.4, -0.2) is 38.2 Å². The van der Waals surface area contributed by atoms with Crippen molar-refractivity contribution in [2.75, 3.05) is 0 Å². The van der Waals surface area contributed by atoms with E-state index in [1.165, 1.54) is 0 Å². The summed E-state index contributed by atoms with van der Waals surface area (Å²) in [7, 11) is 0. The zero-order valence-electron chi connectivity index (χ0n) is 11.0. The highest BCUT2D eigenvalue weighted by molar-refractivity contribution is 4.97. The molecule has 4 unspecified atom stereocenters. The van der Waals surface area contributed by atoms with E-state index in [1.807, 2.05) is 4.68 Å². The van der Waals surface area contributed by atoms with Crippen LogP contribution in [0.5, 0.6) is 0 Å². The van der Waals surface area contributed by atoms with Crippen molar-refractivity contribution in [3.63, 3.8) is 0 Å². The first-order chi connectivity index (χ1) is 8.65. The third-order valence-corrected chi connectivity index (χ3v) is 4.18. The summed E-state index contributed by atoms with van der Waals surface area (Å²) in [6, 6.07) is 0.283. The molecule has 0 spiro atoms. The van der Waals surface area contributed by atoms with Crippen molar-refractivity contribution in [1.82, 2.24) is 14.8 Å². The van der Waals surface area contributed by atoms with E-state index >= 15 is 0 Å². The maximum absolute atomic E-state index is 10.4. The Hall–Kier alpha value is -0.940. The Morgan fingerprint density at radius 3 is 2.94 bits per heavy atom. The van der Waals surface area contributed by atoms with Crippen LogP contribution < -0.4 is 0 Å². The van der Waals surface area contributed by atoms with Crippen molar-refractivity contribution in [3.05, 3.63) is 12.2 Å². The smallest absolute Gasteiger partial charge is 0.138 e. The van der Waals surface area contributed by atoms with E-state index in [9.17, 15) is 5.11 Å². The van der Waals surface area contributed by atoms with E-state index in [1.54, 1.807) is 6.33 Å². The summed E-state index contributed by atoms with van der Waals surface area (Å²) in [4.78, 5) is 4.26. The summed E-state index contributed by atoms with van der Waals surface area (Å²) in [5.74, 6) is 1.15. The van der Waals surface area contributed by atoms with Gasteiger partial charge < -0.3 is 9.84 Å². The largest absolute Gasteiger partial charge is 0.392 e. The van der Waals surface area contributed by atoms with Crippen molar-refractivity contribution >= 4 is 0 Å². The maximum atomic E-state index is 10.4. The quantitative estimate of drug-likeness (QED) is 0.877. The predicted molar refractivity (Wildman–Crippen MR) is 66.1 cm³/mol. The van der Waals surface area contributed by atoms with E-state index in [2.05, 4.69) is 23.9 Å². The van der Waals surface area contributed by atoms with Crippen LogP contribution in [-0.2, 0) is 11.2 Å². The van der Waals surface area contributed by atoms with Gasteiger partial charge in [0.1, 0.15) is 12.2 Å². The van der Waals surface area contributed by atoms with Crippen molar-refractivity contribution in [2.45, 2.75) is 63.9 Å². The average Bonchev–Trinajstić information content (AvgIpc) is 3.03. The fraction of sp³-hybridized carbons (Fsp3) is 0.846. The summed E-state index contributed by atoms with van der Waals surface area (Å²) in [5.41, 5.74) is 0. The second-order valence-corrected chi connectivity index (χ2v) is 5.76. The van der Waals surface area contributed by atoms with E-state index in [0.29, 0.717) is 12.5 Å². The van der Waals surface area contributed by atoms with Gasteiger partial charge in [-0.25, -0.2) is 9.67 Å². The minimum atomic E-state index is -0.359. The van der Waals surface area contributed by atoms with Gasteiger partial charge in [0.05, 0.1) is 18.3 Å².